The summed E-state index contributed by atoms with van der Waals surface area (Å²) in [7, 11) is -2.22. The average Bonchev–Trinajstić information content (AvgIpc) is 3.18. The summed E-state index contributed by atoms with van der Waals surface area (Å²) in [6.07, 6.45) is 6.71. The van der Waals surface area contributed by atoms with E-state index in [0.717, 1.165) is 49.1 Å². The van der Waals surface area contributed by atoms with Gasteiger partial charge in [0.15, 0.2) is 0 Å². The van der Waals surface area contributed by atoms with Crippen LogP contribution in [-0.2, 0) is 35.8 Å². The van der Waals surface area contributed by atoms with Crippen LogP contribution in [0.4, 0.5) is 0 Å². The van der Waals surface area contributed by atoms with Crippen LogP contribution in [0.1, 0.15) is 36.6 Å². The second-order valence-corrected chi connectivity index (χ2v) is 9.39. The van der Waals surface area contributed by atoms with Gasteiger partial charge in [-0.1, -0.05) is 19.1 Å². The number of pyridine rings is 1. The Kier molecular flexibility index (Phi) is 6.38. The predicted octanol–water partition coefficient (Wildman–Crippen LogP) is 3.37. The predicted molar refractivity (Wildman–Crippen MR) is 120 cm³/mol. The second-order valence-electron chi connectivity index (χ2n) is 7.66. The molecule has 0 radical (unpaired) electrons. The van der Waals surface area contributed by atoms with Gasteiger partial charge in [0, 0.05) is 24.0 Å². The van der Waals surface area contributed by atoms with Crippen LogP contribution in [0.3, 0.4) is 0 Å². The summed E-state index contributed by atoms with van der Waals surface area (Å²) in [5.74, 6) is 0.346. The molecule has 0 amide bonds. The van der Waals surface area contributed by atoms with Gasteiger partial charge >= 0.3 is 0 Å². The van der Waals surface area contributed by atoms with Gasteiger partial charge in [-0.25, -0.2) is 13.1 Å². The van der Waals surface area contributed by atoms with E-state index in [0.29, 0.717) is 12.3 Å². The molecule has 0 bridgehead atoms. The smallest absolute Gasteiger partial charge is 0.244 e. The first-order valence-electron chi connectivity index (χ1n) is 10.7. The number of hydrogen-bond acceptors (Lipinski definition) is 5. The largest absolute Gasteiger partial charge is 0.495 e. The lowest BCUT2D eigenvalue weighted by Crippen LogP contribution is -2.28. The van der Waals surface area contributed by atoms with Gasteiger partial charge in [-0.2, -0.15) is 5.10 Å². The summed E-state index contributed by atoms with van der Waals surface area (Å²) in [6, 6.07) is 11.1. The Hall–Kier alpha value is -2.71. The van der Waals surface area contributed by atoms with Gasteiger partial charge in [-0.15, -0.1) is 0 Å². The van der Waals surface area contributed by atoms with E-state index in [1.807, 2.05) is 35.9 Å². The SMILES string of the molecule is CCc1ccc(OC)c(S(=O)(=O)NCCn2nc(-c3ccccn3)c3c2CCCC3)c1. The van der Waals surface area contributed by atoms with Gasteiger partial charge in [-0.3, -0.25) is 9.67 Å². The van der Waals surface area contributed by atoms with Crippen LogP contribution in [0.15, 0.2) is 47.5 Å². The molecule has 3 aromatic rings. The molecule has 2 aromatic heterocycles. The Morgan fingerprint density at radius 2 is 2.00 bits per heavy atom. The second kappa shape index (κ2) is 9.20. The van der Waals surface area contributed by atoms with E-state index in [1.165, 1.54) is 18.4 Å². The number of nitrogens with one attached hydrogen (secondary N) is 1. The minimum Gasteiger partial charge on any atom is -0.495 e. The van der Waals surface area contributed by atoms with E-state index in [4.69, 9.17) is 9.84 Å². The van der Waals surface area contributed by atoms with Gasteiger partial charge in [0.25, 0.3) is 0 Å². The minimum atomic E-state index is -3.70. The fraction of sp³-hybridized carbons (Fsp3) is 0.391. The monoisotopic (exact) mass is 440 g/mol. The topological polar surface area (TPSA) is 86.1 Å². The van der Waals surface area contributed by atoms with E-state index in [9.17, 15) is 8.42 Å². The van der Waals surface area contributed by atoms with Gasteiger partial charge in [0.1, 0.15) is 16.3 Å². The van der Waals surface area contributed by atoms with Crippen LogP contribution < -0.4 is 9.46 Å². The minimum absolute atomic E-state index is 0.172. The summed E-state index contributed by atoms with van der Waals surface area (Å²) >= 11 is 0. The third kappa shape index (κ3) is 4.50. The summed E-state index contributed by atoms with van der Waals surface area (Å²) in [6.45, 7) is 2.70. The Morgan fingerprint density at radius 1 is 1.16 bits per heavy atom. The third-order valence-corrected chi connectivity index (χ3v) is 7.19. The zero-order chi connectivity index (χ0) is 21.8. The van der Waals surface area contributed by atoms with E-state index < -0.39 is 10.0 Å². The number of aryl methyl sites for hydroxylation is 1. The molecule has 0 unspecified atom stereocenters. The zero-order valence-electron chi connectivity index (χ0n) is 18.0. The quantitative estimate of drug-likeness (QED) is 0.580. The first kappa shape index (κ1) is 21.5. The lowest BCUT2D eigenvalue weighted by molar-refractivity contribution is 0.402. The van der Waals surface area contributed by atoms with Crippen molar-refractivity contribution >= 4 is 10.0 Å². The van der Waals surface area contributed by atoms with Gasteiger partial charge in [0.05, 0.1) is 19.3 Å². The standard InChI is InChI=1S/C23H28N4O3S/c1-3-17-11-12-21(30-2)22(16-17)31(28,29)25-14-15-27-20-10-5-4-8-18(20)23(26-27)19-9-6-7-13-24-19/h6-7,9,11-13,16,25H,3-5,8,10,14-15H2,1-2H3. The maximum Gasteiger partial charge on any atom is 0.244 e. The summed E-state index contributed by atoms with van der Waals surface area (Å²) in [5, 5.41) is 4.81. The third-order valence-electron chi connectivity index (χ3n) is 5.71. The van der Waals surface area contributed by atoms with Crippen molar-refractivity contribution in [3.63, 3.8) is 0 Å². The molecule has 164 valence electrons. The number of ether oxygens (including phenoxy) is 1. The van der Waals surface area contributed by atoms with Crippen LogP contribution in [0, 0.1) is 0 Å². The first-order chi connectivity index (χ1) is 15.0. The molecule has 7 nitrogen and oxygen atoms in total. The van der Waals surface area contributed by atoms with Crippen molar-refractivity contribution < 1.29 is 13.2 Å². The van der Waals surface area contributed by atoms with Crippen molar-refractivity contribution in [3.8, 4) is 17.1 Å². The molecular weight excluding hydrogens is 412 g/mol. The van der Waals surface area contributed by atoms with E-state index in [2.05, 4.69) is 9.71 Å². The highest BCUT2D eigenvalue weighted by Gasteiger charge is 2.23. The molecule has 1 aromatic carbocycles. The average molecular weight is 441 g/mol. The Labute approximate surface area is 183 Å². The number of fused-ring (bicyclic) bond motifs is 1. The molecule has 2 heterocycles. The lowest BCUT2D eigenvalue weighted by Gasteiger charge is -2.15. The highest BCUT2D eigenvalue weighted by atomic mass is 32.2. The number of nitrogens with zero attached hydrogens (tertiary/aromatic N) is 3. The molecule has 0 atom stereocenters. The number of benzene rings is 1. The van der Waals surface area contributed by atoms with Crippen LogP contribution >= 0.6 is 0 Å². The van der Waals surface area contributed by atoms with E-state index in [-0.39, 0.29) is 11.4 Å². The summed E-state index contributed by atoms with van der Waals surface area (Å²) < 4.78 is 35.9. The van der Waals surface area contributed by atoms with Crippen LogP contribution in [0.25, 0.3) is 11.4 Å². The van der Waals surface area contributed by atoms with Crippen molar-refractivity contribution in [2.45, 2.75) is 50.5 Å². The molecule has 0 spiro atoms. The molecule has 0 saturated carbocycles. The van der Waals surface area contributed by atoms with Crippen molar-refractivity contribution in [2.24, 2.45) is 0 Å². The Bertz CT molecular complexity index is 1160. The molecule has 1 N–H and O–H groups in total. The van der Waals surface area contributed by atoms with Crippen molar-refractivity contribution in [2.75, 3.05) is 13.7 Å². The van der Waals surface area contributed by atoms with E-state index >= 15 is 0 Å². The number of rotatable bonds is 8. The highest BCUT2D eigenvalue weighted by molar-refractivity contribution is 7.89. The molecule has 0 aliphatic heterocycles. The number of sulfonamides is 1. The zero-order valence-corrected chi connectivity index (χ0v) is 18.8. The normalized spacial score (nSPS) is 13.7. The molecule has 31 heavy (non-hydrogen) atoms. The molecular formula is C23H28N4O3S. The lowest BCUT2D eigenvalue weighted by atomic mass is 9.95. The number of methoxy groups -OCH3 is 1. The molecule has 1 aliphatic rings. The van der Waals surface area contributed by atoms with Gasteiger partial charge in [-0.05, 0) is 61.9 Å². The fourth-order valence-corrected chi connectivity index (χ4v) is 5.32. The summed E-state index contributed by atoms with van der Waals surface area (Å²) in [4.78, 5) is 4.64. The van der Waals surface area contributed by atoms with Gasteiger partial charge in [0.2, 0.25) is 10.0 Å². The van der Waals surface area contributed by atoms with Crippen molar-refractivity contribution in [1.82, 2.24) is 19.5 Å². The maximum atomic E-state index is 13.0. The van der Waals surface area contributed by atoms with Crippen molar-refractivity contribution in [3.05, 3.63) is 59.4 Å². The molecule has 1 aliphatic carbocycles. The number of aromatic nitrogens is 3. The Morgan fingerprint density at radius 3 is 2.74 bits per heavy atom. The number of hydrogen-bond donors (Lipinski definition) is 1. The first-order valence-corrected chi connectivity index (χ1v) is 12.2. The van der Waals surface area contributed by atoms with Crippen molar-refractivity contribution in [1.29, 1.82) is 0 Å². The Balaban J connectivity index is 1.55. The summed E-state index contributed by atoms with van der Waals surface area (Å²) in [5.41, 5.74) is 5.15. The fourth-order valence-electron chi connectivity index (χ4n) is 4.08. The molecule has 0 saturated heterocycles. The van der Waals surface area contributed by atoms with Crippen LogP contribution in [-0.4, -0.2) is 36.8 Å². The highest BCUT2D eigenvalue weighted by Crippen LogP contribution is 2.30. The van der Waals surface area contributed by atoms with Gasteiger partial charge < -0.3 is 4.74 Å². The molecule has 4 rings (SSSR count). The maximum absolute atomic E-state index is 13.0. The molecule has 8 heteroatoms. The molecule has 0 fully saturated rings. The van der Waals surface area contributed by atoms with E-state index in [1.54, 1.807) is 18.3 Å². The van der Waals surface area contributed by atoms with Crippen LogP contribution in [0.2, 0.25) is 0 Å². The van der Waals surface area contributed by atoms with Crippen LogP contribution in [0.5, 0.6) is 5.75 Å².